The predicted octanol–water partition coefficient (Wildman–Crippen LogP) is 3.66. The average molecular weight is 638 g/mol. The fraction of sp³-hybridized carbons (Fsp3) is 0.407. The second-order valence-corrected chi connectivity index (χ2v) is 11.5. The predicted molar refractivity (Wildman–Crippen MR) is 161 cm³/mol. The van der Waals surface area contributed by atoms with Gasteiger partial charge in [0.1, 0.15) is 9.88 Å². The van der Waals surface area contributed by atoms with E-state index in [0.717, 1.165) is 33.3 Å². The first-order valence-electron chi connectivity index (χ1n) is 12.8. The Labute approximate surface area is 254 Å². The SMILES string of the molecule is CCOC(=O)c1sc(NC(=O)CSCC(=O)N=c2sc3cc(C(=O)OC)ccc3n2CCOC)c(C(=O)OCC)c1C. The first-order chi connectivity index (χ1) is 20.1. The van der Waals surface area contributed by atoms with E-state index in [1.165, 1.54) is 18.4 Å². The molecule has 0 unspecified atom stereocenters. The lowest BCUT2D eigenvalue weighted by atomic mass is 10.1. The molecule has 1 N–H and O–H groups in total. The van der Waals surface area contributed by atoms with Crippen molar-refractivity contribution in [2.45, 2.75) is 27.3 Å². The van der Waals surface area contributed by atoms with Crippen molar-refractivity contribution in [2.24, 2.45) is 4.99 Å². The van der Waals surface area contributed by atoms with Crippen LogP contribution < -0.4 is 10.1 Å². The Kier molecular flexibility index (Phi) is 12.3. The third-order valence-electron chi connectivity index (χ3n) is 5.64. The highest BCUT2D eigenvalue weighted by molar-refractivity contribution is 8.00. The fourth-order valence-corrected chi connectivity index (χ4v) is 6.59. The average Bonchev–Trinajstić information content (AvgIpc) is 3.47. The minimum atomic E-state index is -0.664. The molecule has 1 aromatic carbocycles. The Hall–Kier alpha value is -3.53. The van der Waals surface area contributed by atoms with E-state index in [-0.39, 0.29) is 40.2 Å². The number of hydrogen-bond acceptors (Lipinski definition) is 12. The number of hydrogen-bond donors (Lipinski definition) is 1. The summed E-state index contributed by atoms with van der Waals surface area (Å²) in [7, 11) is 2.87. The molecule has 0 fully saturated rings. The highest BCUT2D eigenvalue weighted by atomic mass is 32.2. The van der Waals surface area contributed by atoms with Crippen LogP contribution in [0.5, 0.6) is 0 Å². The van der Waals surface area contributed by atoms with Crippen LogP contribution in [0.3, 0.4) is 0 Å². The van der Waals surface area contributed by atoms with Gasteiger partial charge in [-0.25, -0.2) is 14.4 Å². The number of thiazole rings is 1. The monoisotopic (exact) mass is 637 g/mol. The summed E-state index contributed by atoms with van der Waals surface area (Å²) in [5, 5.41) is 2.83. The number of thioether (sulfide) groups is 1. The van der Waals surface area contributed by atoms with Crippen LogP contribution >= 0.6 is 34.4 Å². The Bertz CT molecular complexity index is 1560. The topological polar surface area (TPSA) is 152 Å². The lowest BCUT2D eigenvalue weighted by molar-refractivity contribution is -0.115. The maximum atomic E-state index is 12.7. The Morgan fingerprint density at radius 2 is 1.69 bits per heavy atom. The zero-order chi connectivity index (χ0) is 30.8. The molecule has 0 aliphatic rings. The number of anilines is 1. The number of ether oxygens (including phenoxy) is 4. The van der Waals surface area contributed by atoms with Crippen molar-refractivity contribution in [1.29, 1.82) is 0 Å². The van der Waals surface area contributed by atoms with E-state index in [2.05, 4.69) is 10.3 Å². The fourth-order valence-electron chi connectivity index (χ4n) is 3.78. The van der Waals surface area contributed by atoms with Gasteiger partial charge in [-0.3, -0.25) is 9.59 Å². The highest BCUT2D eigenvalue weighted by Gasteiger charge is 2.27. The summed E-state index contributed by atoms with van der Waals surface area (Å²) >= 11 is 3.23. The van der Waals surface area contributed by atoms with Crippen molar-refractivity contribution >= 4 is 79.4 Å². The van der Waals surface area contributed by atoms with E-state index >= 15 is 0 Å². The third-order valence-corrected chi connectivity index (χ3v) is 8.79. The number of nitrogens with one attached hydrogen (secondary N) is 1. The van der Waals surface area contributed by atoms with Gasteiger partial charge in [0.2, 0.25) is 5.91 Å². The Morgan fingerprint density at radius 3 is 2.36 bits per heavy atom. The molecule has 0 aliphatic heterocycles. The summed E-state index contributed by atoms with van der Waals surface area (Å²) in [6.45, 7) is 6.01. The minimum Gasteiger partial charge on any atom is -0.465 e. The molecule has 42 heavy (non-hydrogen) atoms. The van der Waals surface area contributed by atoms with Crippen LogP contribution in [-0.4, -0.2) is 79.8 Å². The minimum absolute atomic E-state index is 0.0817. The van der Waals surface area contributed by atoms with Crippen molar-refractivity contribution in [3.63, 3.8) is 0 Å². The van der Waals surface area contributed by atoms with Gasteiger partial charge >= 0.3 is 17.9 Å². The van der Waals surface area contributed by atoms with Crippen molar-refractivity contribution in [3.05, 3.63) is 44.6 Å². The maximum Gasteiger partial charge on any atom is 0.348 e. The van der Waals surface area contributed by atoms with Gasteiger partial charge < -0.3 is 28.8 Å². The molecule has 0 saturated heterocycles. The number of esters is 3. The van der Waals surface area contributed by atoms with E-state index in [9.17, 15) is 24.0 Å². The van der Waals surface area contributed by atoms with Gasteiger partial charge in [0, 0.05) is 13.7 Å². The zero-order valence-electron chi connectivity index (χ0n) is 23.8. The van der Waals surface area contributed by atoms with Crippen LogP contribution in [0, 0.1) is 6.92 Å². The third kappa shape index (κ3) is 8.06. The number of benzene rings is 1. The molecule has 0 bridgehead atoms. The second-order valence-electron chi connectivity index (χ2n) is 8.45. The molecule has 2 amide bonds. The zero-order valence-corrected chi connectivity index (χ0v) is 26.2. The molecule has 3 rings (SSSR count). The van der Waals surface area contributed by atoms with Gasteiger partial charge in [-0.2, -0.15) is 4.99 Å². The summed E-state index contributed by atoms with van der Waals surface area (Å²) < 4.78 is 22.7. The standard InChI is InChI=1S/C27H31N3O9S3/c1-6-38-25(34)21-15(3)22(26(35)39-7-2)42-23(21)28-19(31)13-40-14-20(32)29-27-30(10-11-36-4)17-9-8-16(24(33)37-5)12-18(17)41-27/h8-9,12H,6-7,10-11,13-14H2,1-5H3,(H,28,31). The smallest absolute Gasteiger partial charge is 0.348 e. The van der Waals surface area contributed by atoms with E-state index < -0.39 is 29.7 Å². The Morgan fingerprint density at radius 1 is 0.976 bits per heavy atom. The molecule has 0 atom stereocenters. The van der Waals surface area contributed by atoms with E-state index in [1.807, 2.05) is 4.57 Å². The van der Waals surface area contributed by atoms with Gasteiger partial charge in [0.15, 0.2) is 4.80 Å². The number of aromatic nitrogens is 1. The Balaban J connectivity index is 1.73. The molecule has 226 valence electrons. The largest absolute Gasteiger partial charge is 0.465 e. The molecule has 0 radical (unpaired) electrons. The molecule has 0 saturated carbocycles. The molecule has 3 aromatic rings. The number of carbonyl (C=O) groups is 5. The van der Waals surface area contributed by atoms with Crippen molar-refractivity contribution < 1.29 is 42.9 Å². The highest BCUT2D eigenvalue weighted by Crippen LogP contribution is 2.34. The number of fused-ring (bicyclic) bond motifs is 1. The van der Waals surface area contributed by atoms with Gasteiger partial charge in [0.05, 0.1) is 59.8 Å². The van der Waals surface area contributed by atoms with Gasteiger partial charge in [0.25, 0.3) is 5.91 Å². The molecule has 0 spiro atoms. The number of carbonyl (C=O) groups excluding carboxylic acids is 5. The maximum absolute atomic E-state index is 12.7. The molecule has 12 nitrogen and oxygen atoms in total. The summed E-state index contributed by atoms with van der Waals surface area (Å²) in [6, 6.07) is 5.09. The van der Waals surface area contributed by atoms with Gasteiger partial charge in [-0.1, -0.05) is 11.3 Å². The van der Waals surface area contributed by atoms with Crippen molar-refractivity contribution in [2.75, 3.05) is 50.9 Å². The van der Waals surface area contributed by atoms with Gasteiger partial charge in [-0.15, -0.1) is 23.1 Å². The second kappa shape index (κ2) is 15.6. The van der Waals surface area contributed by atoms with E-state index in [1.54, 1.807) is 46.1 Å². The first-order valence-corrected chi connectivity index (χ1v) is 15.6. The summed E-state index contributed by atoms with van der Waals surface area (Å²) in [5.41, 5.74) is 1.62. The van der Waals surface area contributed by atoms with E-state index in [0.29, 0.717) is 29.1 Å². The van der Waals surface area contributed by atoms with Gasteiger partial charge in [-0.05, 0) is 44.5 Å². The van der Waals surface area contributed by atoms with Crippen LogP contribution in [0.1, 0.15) is 49.8 Å². The quantitative estimate of drug-likeness (QED) is 0.217. The molecular formula is C27H31N3O9S3. The van der Waals surface area contributed by atoms with Crippen LogP contribution in [0.15, 0.2) is 23.2 Å². The van der Waals surface area contributed by atoms with Crippen LogP contribution in [0.2, 0.25) is 0 Å². The molecule has 15 heteroatoms. The van der Waals surface area contributed by atoms with Crippen molar-refractivity contribution in [1.82, 2.24) is 4.57 Å². The number of thiophene rings is 1. The molecule has 2 aromatic heterocycles. The lowest BCUT2D eigenvalue weighted by Crippen LogP contribution is -2.20. The molecular weight excluding hydrogens is 607 g/mol. The normalized spacial score (nSPS) is 11.4. The summed E-state index contributed by atoms with van der Waals surface area (Å²) in [4.78, 5) is 67.1. The number of amides is 2. The number of rotatable bonds is 13. The van der Waals surface area contributed by atoms with Crippen LogP contribution in [-0.2, 0) is 35.1 Å². The lowest BCUT2D eigenvalue weighted by Gasteiger charge is -2.07. The summed E-state index contributed by atoms with van der Waals surface area (Å²) in [5.74, 6) is -2.84. The van der Waals surface area contributed by atoms with Crippen LogP contribution in [0.4, 0.5) is 5.00 Å². The number of nitrogens with zero attached hydrogens (tertiary/aromatic N) is 2. The van der Waals surface area contributed by atoms with Crippen molar-refractivity contribution in [3.8, 4) is 0 Å². The van der Waals surface area contributed by atoms with E-state index in [4.69, 9.17) is 18.9 Å². The first kappa shape index (κ1) is 33.0. The van der Waals surface area contributed by atoms with Crippen LogP contribution in [0.25, 0.3) is 10.2 Å². The molecule has 2 heterocycles. The number of methoxy groups -OCH3 is 2. The molecule has 0 aliphatic carbocycles. The summed E-state index contributed by atoms with van der Waals surface area (Å²) in [6.07, 6.45) is 0.